The first-order valence-corrected chi connectivity index (χ1v) is 8.89. The summed E-state index contributed by atoms with van der Waals surface area (Å²) in [6.07, 6.45) is 2.70. The van der Waals surface area contributed by atoms with E-state index < -0.39 is 6.09 Å². The number of hydrogen-bond acceptors (Lipinski definition) is 7. The van der Waals surface area contributed by atoms with Crippen LogP contribution in [-0.4, -0.2) is 22.0 Å². The van der Waals surface area contributed by atoms with Crippen molar-refractivity contribution >= 4 is 39.8 Å². The lowest BCUT2D eigenvalue weighted by atomic mass is 10.2. The molecule has 2 heterocycles. The van der Waals surface area contributed by atoms with Crippen molar-refractivity contribution in [2.75, 3.05) is 16.4 Å². The number of anilines is 3. The van der Waals surface area contributed by atoms with Crippen LogP contribution in [0.3, 0.4) is 0 Å². The Morgan fingerprint density at radius 3 is 2.67 bits per heavy atom. The molecule has 0 saturated heterocycles. The molecule has 0 aliphatic heterocycles. The van der Waals surface area contributed by atoms with Crippen molar-refractivity contribution in [1.82, 2.24) is 9.97 Å². The Morgan fingerprint density at radius 1 is 1.11 bits per heavy atom. The number of carbonyl (C=O) groups is 2. The summed E-state index contributed by atoms with van der Waals surface area (Å²) in [5.41, 5.74) is 8.21. The van der Waals surface area contributed by atoms with Crippen LogP contribution in [0.5, 0.6) is 0 Å². The molecule has 0 aliphatic rings. The van der Waals surface area contributed by atoms with Gasteiger partial charge < -0.3 is 15.8 Å². The van der Waals surface area contributed by atoms with E-state index in [4.69, 9.17) is 10.5 Å². The molecule has 4 N–H and O–H groups in total. The first kappa shape index (κ1) is 18.3. The summed E-state index contributed by atoms with van der Waals surface area (Å²) in [5.74, 6) is -0.245. The molecule has 27 heavy (non-hydrogen) atoms. The molecule has 0 atom stereocenters. The van der Waals surface area contributed by atoms with Gasteiger partial charge in [0.2, 0.25) is 5.91 Å². The molecule has 0 unspecified atom stereocenters. The largest absolute Gasteiger partial charge is 0.444 e. The van der Waals surface area contributed by atoms with Gasteiger partial charge in [-0.1, -0.05) is 12.1 Å². The first-order valence-electron chi connectivity index (χ1n) is 8.01. The topological polar surface area (TPSA) is 119 Å². The van der Waals surface area contributed by atoms with Crippen LogP contribution in [0.4, 0.5) is 21.3 Å². The number of carbonyl (C=O) groups excluding carboxylic acids is 2. The van der Waals surface area contributed by atoms with E-state index >= 15 is 0 Å². The van der Waals surface area contributed by atoms with E-state index in [-0.39, 0.29) is 18.9 Å². The summed E-state index contributed by atoms with van der Waals surface area (Å²) in [4.78, 5) is 32.0. The second-order valence-electron chi connectivity index (χ2n) is 5.51. The number of para-hydroxylation sites is 2. The van der Waals surface area contributed by atoms with Gasteiger partial charge in [0.1, 0.15) is 6.61 Å². The van der Waals surface area contributed by atoms with E-state index in [0.29, 0.717) is 22.2 Å². The van der Waals surface area contributed by atoms with E-state index in [0.717, 1.165) is 5.56 Å². The number of thiazole rings is 1. The number of nitrogens with zero attached hydrogens (tertiary/aromatic N) is 2. The SMILES string of the molecule is Nc1ccccc1NC(=O)Cc1csc(NC(=O)OCc2ccncc2)n1. The van der Waals surface area contributed by atoms with Gasteiger partial charge in [-0.05, 0) is 29.8 Å². The highest BCUT2D eigenvalue weighted by molar-refractivity contribution is 7.13. The average molecular weight is 383 g/mol. The maximum atomic E-state index is 12.1. The van der Waals surface area contributed by atoms with Crippen LogP contribution in [0.25, 0.3) is 0 Å². The van der Waals surface area contributed by atoms with Crippen molar-refractivity contribution in [1.29, 1.82) is 0 Å². The Labute approximate surface area is 159 Å². The number of hydrogen-bond donors (Lipinski definition) is 3. The molecule has 0 aliphatic carbocycles. The smallest absolute Gasteiger partial charge is 0.413 e. The Balaban J connectivity index is 1.48. The van der Waals surface area contributed by atoms with Gasteiger partial charge in [0.05, 0.1) is 23.5 Å². The Bertz CT molecular complexity index is 930. The number of rotatable bonds is 6. The third kappa shape index (κ3) is 5.51. The molecule has 0 saturated carbocycles. The lowest BCUT2D eigenvalue weighted by Gasteiger charge is -2.06. The number of nitrogens with one attached hydrogen (secondary N) is 2. The molecule has 8 nitrogen and oxygen atoms in total. The van der Waals surface area contributed by atoms with Crippen LogP contribution in [0.15, 0.2) is 54.2 Å². The van der Waals surface area contributed by atoms with Crippen molar-refractivity contribution in [3.8, 4) is 0 Å². The van der Waals surface area contributed by atoms with Gasteiger partial charge in [-0.25, -0.2) is 9.78 Å². The van der Waals surface area contributed by atoms with Gasteiger partial charge in [-0.2, -0.15) is 0 Å². The van der Waals surface area contributed by atoms with Gasteiger partial charge in [-0.15, -0.1) is 11.3 Å². The Hall–Kier alpha value is -3.46. The van der Waals surface area contributed by atoms with Crippen molar-refractivity contribution in [2.45, 2.75) is 13.0 Å². The van der Waals surface area contributed by atoms with E-state index in [1.54, 1.807) is 54.2 Å². The number of nitrogens with two attached hydrogens (primary N) is 1. The highest BCUT2D eigenvalue weighted by Crippen LogP contribution is 2.19. The normalized spacial score (nSPS) is 10.2. The molecule has 0 bridgehead atoms. The number of pyridine rings is 1. The van der Waals surface area contributed by atoms with E-state index in [2.05, 4.69) is 20.6 Å². The molecule has 0 radical (unpaired) electrons. The van der Waals surface area contributed by atoms with E-state index in [9.17, 15) is 9.59 Å². The van der Waals surface area contributed by atoms with Crippen molar-refractivity contribution in [3.05, 3.63) is 65.4 Å². The van der Waals surface area contributed by atoms with Gasteiger partial charge in [0.25, 0.3) is 0 Å². The van der Waals surface area contributed by atoms with Crippen molar-refractivity contribution in [2.24, 2.45) is 0 Å². The summed E-state index contributed by atoms with van der Waals surface area (Å²) in [5, 5.41) is 7.33. The number of amides is 2. The molecule has 138 valence electrons. The highest BCUT2D eigenvalue weighted by atomic mass is 32.1. The molecule has 1 aromatic carbocycles. The molecular formula is C18H17N5O3S. The summed E-state index contributed by atoms with van der Waals surface area (Å²) in [6, 6.07) is 10.5. The predicted octanol–water partition coefficient (Wildman–Crippen LogP) is 3.05. The monoisotopic (exact) mass is 383 g/mol. The minimum absolute atomic E-state index is 0.0680. The lowest BCUT2D eigenvalue weighted by Crippen LogP contribution is -2.16. The fraction of sp³-hybridized carbons (Fsp3) is 0.111. The molecule has 0 spiro atoms. The van der Waals surface area contributed by atoms with Crippen LogP contribution in [0, 0.1) is 0 Å². The van der Waals surface area contributed by atoms with Crippen LogP contribution >= 0.6 is 11.3 Å². The molecule has 2 aromatic heterocycles. The van der Waals surface area contributed by atoms with E-state index in [1.165, 1.54) is 11.3 Å². The summed E-state index contributed by atoms with van der Waals surface area (Å²) < 4.78 is 5.11. The third-order valence-corrected chi connectivity index (χ3v) is 4.26. The van der Waals surface area contributed by atoms with Crippen LogP contribution in [0.2, 0.25) is 0 Å². The Morgan fingerprint density at radius 2 is 1.89 bits per heavy atom. The zero-order chi connectivity index (χ0) is 19.1. The number of nitrogen functional groups attached to an aromatic ring is 1. The molecule has 0 fully saturated rings. The van der Waals surface area contributed by atoms with Gasteiger partial charge in [-0.3, -0.25) is 15.1 Å². The number of benzene rings is 1. The van der Waals surface area contributed by atoms with Gasteiger partial charge >= 0.3 is 6.09 Å². The van der Waals surface area contributed by atoms with Crippen LogP contribution in [-0.2, 0) is 22.6 Å². The second-order valence-corrected chi connectivity index (χ2v) is 6.37. The molecule has 9 heteroatoms. The summed E-state index contributed by atoms with van der Waals surface area (Å²) >= 11 is 1.21. The highest BCUT2D eigenvalue weighted by Gasteiger charge is 2.11. The van der Waals surface area contributed by atoms with Crippen molar-refractivity contribution < 1.29 is 14.3 Å². The van der Waals surface area contributed by atoms with Crippen LogP contribution < -0.4 is 16.4 Å². The minimum atomic E-state index is -0.616. The van der Waals surface area contributed by atoms with Crippen LogP contribution in [0.1, 0.15) is 11.3 Å². The number of aromatic nitrogens is 2. The molecule has 3 rings (SSSR count). The third-order valence-electron chi connectivity index (χ3n) is 3.46. The first-order chi connectivity index (χ1) is 13.1. The standard InChI is InChI=1S/C18H17N5O3S/c19-14-3-1-2-4-15(14)22-16(24)9-13-11-27-17(21-13)23-18(25)26-10-12-5-7-20-8-6-12/h1-8,11H,9-10,19H2,(H,22,24)(H,21,23,25). The van der Waals surface area contributed by atoms with Gasteiger partial charge in [0.15, 0.2) is 5.13 Å². The van der Waals surface area contributed by atoms with E-state index in [1.807, 2.05) is 0 Å². The van der Waals surface area contributed by atoms with Crippen molar-refractivity contribution in [3.63, 3.8) is 0 Å². The fourth-order valence-corrected chi connectivity index (χ4v) is 2.86. The molecular weight excluding hydrogens is 366 g/mol. The molecule has 2 amide bonds. The molecule has 3 aromatic rings. The Kier molecular flexibility index (Phi) is 5.95. The minimum Gasteiger partial charge on any atom is -0.444 e. The predicted molar refractivity (Wildman–Crippen MR) is 103 cm³/mol. The quantitative estimate of drug-likeness (QED) is 0.563. The second kappa shape index (κ2) is 8.77. The zero-order valence-corrected chi connectivity index (χ0v) is 15.0. The summed E-state index contributed by atoms with van der Waals surface area (Å²) in [6.45, 7) is 0.132. The lowest BCUT2D eigenvalue weighted by molar-refractivity contribution is -0.115. The average Bonchev–Trinajstić information content (AvgIpc) is 3.09. The number of ether oxygens (including phenoxy) is 1. The fourth-order valence-electron chi connectivity index (χ4n) is 2.17. The summed E-state index contributed by atoms with van der Waals surface area (Å²) in [7, 11) is 0. The van der Waals surface area contributed by atoms with Gasteiger partial charge in [0, 0.05) is 17.8 Å². The maximum Gasteiger partial charge on any atom is 0.413 e. The zero-order valence-electron chi connectivity index (χ0n) is 14.2. The maximum absolute atomic E-state index is 12.1.